The Morgan fingerprint density at radius 2 is 1.19 bits per heavy atom. The summed E-state index contributed by atoms with van der Waals surface area (Å²) in [5.74, 6) is -5.21. The van der Waals surface area contributed by atoms with Gasteiger partial charge in [-0.15, -0.1) is 0 Å². The third-order valence-corrected chi connectivity index (χ3v) is 10.1. The van der Waals surface area contributed by atoms with Crippen molar-refractivity contribution in [3.8, 4) is 0 Å². The molecule has 48 heavy (non-hydrogen) atoms. The molecule has 0 atom stereocenters. The van der Waals surface area contributed by atoms with Gasteiger partial charge in [0.15, 0.2) is 10.3 Å². The van der Waals surface area contributed by atoms with Crippen molar-refractivity contribution >= 4 is 56.1 Å². The maximum atomic E-state index is 13.8. The molecule has 16 heteroatoms. The van der Waals surface area contributed by atoms with Gasteiger partial charge < -0.3 is 32.3 Å². The van der Waals surface area contributed by atoms with Gasteiger partial charge in [-0.25, -0.2) is 27.5 Å². The van der Waals surface area contributed by atoms with Crippen LogP contribution >= 0.6 is 22.7 Å². The number of carbonyl (C=O) groups is 2. The molecule has 4 aromatic rings. The lowest BCUT2D eigenvalue weighted by Crippen LogP contribution is -2.38. The van der Waals surface area contributed by atoms with Crippen molar-refractivity contribution in [2.24, 2.45) is 0 Å². The van der Waals surface area contributed by atoms with E-state index in [0.717, 1.165) is 105 Å². The van der Waals surface area contributed by atoms with Crippen LogP contribution in [-0.2, 0) is 0 Å². The van der Waals surface area contributed by atoms with E-state index in [0.29, 0.717) is 10.3 Å². The Balaban J connectivity index is 0.000000217. The van der Waals surface area contributed by atoms with Gasteiger partial charge in [0.05, 0.1) is 11.1 Å². The Morgan fingerprint density at radius 1 is 0.792 bits per heavy atom. The average Bonchev–Trinajstić information content (AvgIpc) is 3.62. The fraction of sp³-hybridized carbons (Fsp3) is 0.375. The molecule has 2 aliphatic rings. The van der Waals surface area contributed by atoms with E-state index in [2.05, 4.69) is 37.7 Å². The molecule has 2 aromatic heterocycles. The molecule has 0 radical (unpaired) electrons. The van der Waals surface area contributed by atoms with E-state index < -0.39 is 46.0 Å². The zero-order valence-electron chi connectivity index (χ0n) is 26.1. The minimum Gasteiger partial charge on any atom is -0.382 e. The normalized spacial score (nSPS) is 15.9. The molecule has 10 nitrogen and oxygen atoms in total. The predicted octanol–water partition coefficient (Wildman–Crippen LogP) is 5.78. The number of nitrogens with two attached hydrogens (primary N) is 2. The summed E-state index contributed by atoms with van der Waals surface area (Å²) in [6, 6.07) is 7.11. The van der Waals surface area contributed by atoms with Gasteiger partial charge in [-0.1, -0.05) is 41.7 Å². The molecule has 2 saturated heterocycles. The van der Waals surface area contributed by atoms with Crippen molar-refractivity contribution in [1.29, 1.82) is 0 Å². The summed E-state index contributed by atoms with van der Waals surface area (Å²) in [6.45, 7) is 6.98. The standard InChI is InChI=1S/C17H20F2N4OS.C15H16F2N4OS.H2/c1-2-23-8-6-10(7-9-23)21-17-22-16(20)15(25-17)14(24)13-11(18)4-3-5-12(13)19;16-9-2-1-3-10(17)11(9)12(22)13-14(18)21-15(23-13)20-8-4-6-19-7-5-8;/h3-5,10H,2,6-9,20H2,1H3,(H,21,22);1-3,8,19H,4-7,18H2,(H,20,21);1H. The first-order chi connectivity index (χ1) is 23.0. The maximum absolute atomic E-state index is 13.8. The Morgan fingerprint density at radius 3 is 1.58 bits per heavy atom. The van der Waals surface area contributed by atoms with E-state index in [9.17, 15) is 27.2 Å². The van der Waals surface area contributed by atoms with Gasteiger partial charge in [0.2, 0.25) is 11.6 Å². The molecule has 0 spiro atoms. The van der Waals surface area contributed by atoms with Gasteiger partial charge >= 0.3 is 0 Å². The third-order valence-electron chi connectivity index (χ3n) is 8.13. The summed E-state index contributed by atoms with van der Waals surface area (Å²) in [6.07, 6.45) is 3.81. The molecule has 6 rings (SSSR count). The number of hydrogen-bond donors (Lipinski definition) is 5. The van der Waals surface area contributed by atoms with Gasteiger partial charge in [0, 0.05) is 26.6 Å². The lowest BCUT2D eigenvalue weighted by atomic mass is 10.1. The van der Waals surface area contributed by atoms with E-state index in [1.165, 1.54) is 12.1 Å². The summed E-state index contributed by atoms with van der Waals surface area (Å²) >= 11 is 2.06. The molecule has 0 saturated carbocycles. The highest BCUT2D eigenvalue weighted by Crippen LogP contribution is 2.32. The topological polar surface area (TPSA) is 151 Å². The molecule has 258 valence electrons. The largest absolute Gasteiger partial charge is 0.382 e. The number of aromatic nitrogens is 2. The molecular formula is C32H38F4N8O2S2. The Labute approximate surface area is 284 Å². The van der Waals surface area contributed by atoms with Crippen molar-refractivity contribution in [1.82, 2.24) is 20.2 Å². The second-order valence-corrected chi connectivity index (χ2v) is 13.3. The summed E-state index contributed by atoms with van der Waals surface area (Å²) < 4.78 is 55.2. The van der Waals surface area contributed by atoms with Gasteiger partial charge in [0.1, 0.15) is 44.7 Å². The highest BCUT2D eigenvalue weighted by molar-refractivity contribution is 7.18. The summed E-state index contributed by atoms with van der Waals surface area (Å²) in [5, 5.41) is 10.8. The highest BCUT2D eigenvalue weighted by Gasteiger charge is 2.27. The number of carbonyl (C=O) groups excluding carboxylic acids is 2. The summed E-state index contributed by atoms with van der Waals surface area (Å²) in [7, 11) is 0. The van der Waals surface area contributed by atoms with E-state index in [-0.39, 0.29) is 34.9 Å². The number of hydrogen-bond acceptors (Lipinski definition) is 12. The molecule has 2 fully saturated rings. The predicted molar refractivity (Wildman–Crippen MR) is 183 cm³/mol. The van der Waals surface area contributed by atoms with Crippen LogP contribution in [0.15, 0.2) is 36.4 Å². The first-order valence-corrected chi connectivity index (χ1v) is 17.1. The fourth-order valence-corrected chi connectivity index (χ4v) is 7.29. The quantitative estimate of drug-likeness (QED) is 0.107. The lowest BCUT2D eigenvalue weighted by Gasteiger charge is -2.31. The Bertz CT molecular complexity index is 1720. The zero-order chi connectivity index (χ0) is 34.4. The molecule has 0 amide bonds. The SMILES string of the molecule is CCN1CCC(Nc2nc(N)c(C(=O)c3c(F)cccc3F)s2)CC1.Nc1nc(NC2CCNCC2)sc1C(=O)c1c(F)cccc1F.[HH]. The first kappa shape index (κ1) is 35.2. The molecular weight excluding hydrogens is 669 g/mol. The van der Waals surface area contributed by atoms with Crippen molar-refractivity contribution in [2.45, 2.75) is 44.7 Å². The number of ketones is 2. The fourth-order valence-electron chi connectivity index (χ4n) is 5.48. The molecule has 0 unspecified atom stereocenters. The van der Waals surface area contributed by atoms with Crippen LogP contribution in [0.3, 0.4) is 0 Å². The lowest BCUT2D eigenvalue weighted by molar-refractivity contribution is 0.102. The summed E-state index contributed by atoms with van der Waals surface area (Å²) in [4.78, 5) is 35.6. The van der Waals surface area contributed by atoms with Crippen LogP contribution in [0.5, 0.6) is 0 Å². The molecule has 0 bridgehead atoms. The minimum atomic E-state index is -0.907. The number of nitrogen functional groups attached to an aromatic ring is 2. The van der Waals surface area contributed by atoms with Crippen molar-refractivity contribution in [3.63, 3.8) is 0 Å². The van der Waals surface area contributed by atoms with Crippen LogP contribution in [0.1, 0.15) is 64.5 Å². The number of nitrogens with one attached hydrogen (secondary N) is 3. The number of piperidine rings is 2. The van der Waals surface area contributed by atoms with Crippen LogP contribution in [-0.4, -0.2) is 71.2 Å². The molecule has 2 aromatic carbocycles. The second kappa shape index (κ2) is 15.9. The van der Waals surface area contributed by atoms with Crippen LogP contribution < -0.4 is 27.4 Å². The van der Waals surface area contributed by atoms with Crippen molar-refractivity contribution in [2.75, 3.05) is 54.8 Å². The molecule has 0 aliphatic carbocycles. The van der Waals surface area contributed by atoms with Gasteiger partial charge in [-0.2, -0.15) is 0 Å². The number of rotatable bonds is 9. The van der Waals surface area contributed by atoms with Gasteiger partial charge in [-0.05, 0) is 69.6 Å². The smallest absolute Gasteiger partial charge is 0.212 e. The maximum Gasteiger partial charge on any atom is 0.212 e. The number of anilines is 4. The summed E-state index contributed by atoms with van der Waals surface area (Å²) in [5.41, 5.74) is 10.4. The van der Waals surface area contributed by atoms with E-state index >= 15 is 0 Å². The average molecular weight is 707 g/mol. The highest BCUT2D eigenvalue weighted by atomic mass is 32.1. The van der Waals surface area contributed by atoms with Crippen LogP contribution in [0.25, 0.3) is 0 Å². The number of nitrogens with zero attached hydrogens (tertiary/aromatic N) is 3. The van der Waals surface area contributed by atoms with Crippen LogP contribution in [0, 0.1) is 23.3 Å². The van der Waals surface area contributed by atoms with Gasteiger partial charge in [0.25, 0.3) is 0 Å². The number of halogens is 4. The monoisotopic (exact) mass is 706 g/mol. The number of benzene rings is 2. The Hall–Kier alpha value is -4.12. The molecule has 7 N–H and O–H groups in total. The van der Waals surface area contributed by atoms with Gasteiger partial charge in [-0.3, -0.25) is 9.59 Å². The van der Waals surface area contributed by atoms with Crippen LogP contribution in [0.2, 0.25) is 0 Å². The number of likely N-dealkylation sites (tertiary alicyclic amines) is 1. The van der Waals surface area contributed by atoms with E-state index in [4.69, 9.17) is 11.5 Å². The molecule has 4 heterocycles. The third kappa shape index (κ3) is 8.29. The van der Waals surface area contributed by atoms with Crippen LogP contribution in [0.4, 0.5) is 39.5 Å². The first-order valence-electron chi connectivity index (χ1n) is 15.5. The van der Waals surface area contributed by atoms with E-state index in [1.54, 1.807) is 0 Å². The second-order valence-electron chi connectivity index (χ2n) is 11.3. The Kier molecular flexibility index (Phi) is 11.6. The number of thiazole rings is 2. The van der Waals surface area contributed by atoms with Crippen molar-refractivity contribution < 1.29 is 28.6 Å². The zero-order valence-corrected chi connectivity index (χ0v) is 27.8. The molecule has 2 aliphatic heterocycles. The minimum absolute atomic E-state index is 0. The van der Waals surface area contributed by atoms with Crippen molar-refractivity contribution in [3.05, 3.63) is 80.5 Å². The van der Waals surface area contributed by atoms with E-state index in [1.807, 2.05) is 0 Å².